The number of anilines is 1. The van der Waals surface area contributed by atoms with Gasteiger partial charge in [0.25, 0.3) is 0 Å². The summed E-state index contributed by atoms with van der Waals surface area (Å²) in [6.07, 6.45) is 5.24. The largest absolute Gasteiger partial charge is 0.396 e. The molecule has 2 fully saturated rings. The Balaban J connectivity index is 1.82. The molecular formula is C12H16ClN3O. The highest BCUT2D eigenvalue weighted by Crippen LogP contribution is 2.52. The Labute approximate surface area is 106 Å². The number of nitrogens with zero attached hydrogens (tertiary/aromatic N) is 3. The second-order valence-corrected chi connectivity index (χ2v) is 5.56. The van der Waals surface area contributed by atoms with E-state index in [1.165, 1.54) is 25.6 Å². The minimum Gasteiger partial charge on any atom is -0.396 e. The van der Waals surface area contributed by atoms with Crippen molar-refractivity contribution < 1.29 is 5.11 Å². The summed E-state index contributed by atoms with van der Waals surface area (Å²) in [5.41, 5.74) is 0.326. The van der Waals surface area contributed by atoms with Gasteiger partial charge in [0.1, 0.15) is 17.3 Å². The maximum Gasteiger partial charge on any atom is 0.134 e. The van der Waals surface area contributed by atoms with Crippen LogP contribution in [-0.4, -0.2) is 34.8 Å². The third-order valence-corrected chi connectivity index (χ3v) is 4.53. The number of halogens is 1. The fourth-order valence-corrected chi connectivity index (χ4v) is 3.30. The van der Waals surface area contributed by atoms with Gasteiger partial charge in [0.2, 0.25) is 0 Å². The number of aliphatic hydroxyl groups is 1. The van der Waals surface area contributed by atoms with Crippen LogP contribution in [0.5, 0.6) is 0 Å². The lowest BCUT2D eigenvalue weighted by molar-refractivity contribution is 0.0571. The highest BCUT2D eigenvalue weighted by atomic mass is 35.5. The molecule has 1 spiro atoms. The summed E-state index contributed by atoms with van der Waals surface area (Å²) in [6, 6.07) is 1.80. The molecule has 1 saturated carbocycles. The average molecular weight is 254 g/mol. The molecule has 1 N–H and O–H groups in total. The van der Waals surface area contributed by atoms with Gasteiger partial charge in [-0.3, -0.25) is 0 Å². The maximum absolute atomic E-state index is 9.50. The highest BCUT2D eigenvalue weighted by Gasteiger charge is 2.50. The predicted molar refractivity (Wildman–Crippen MR) is 66.1 cm³/mol. The van der Waals surface area contributed by atoms with Gasteiger partial charge >= 0.3 is 0 Å². The Morgan fingerprint density at radius 1 is 1.47 bits per heavy atom. The lowest BCUT2D eigenvalue weighted by atomic mass is 9.63. The highest BCUT2D eigenvalue weighted by molar-refractivity contribution is 6.29. The summed E-state index contributed by atoms with van der Waals surface area (Å²) in [5, 5.41) is 9.98. The molecular weight excluding hydrogens is 238 g/mol. The minimum absolute atomic E-state index is 0.273. The number of hydrogen-bond acceptors (Lipinski definition) is 4. The minimum atomic E-state index is 0.273. The molecule has 3 rings (SSSR count). The molecule has 2 aliphatic rings. The van der Waals surface area contributed by atoms with E-state index in [4.69, 9.17) is 11.6 Å². The zero-order chi connectivity index (χ0) is 11.9. The first kappa shape index (κ1) is 11.2. The summed E-state index contributed by atoms with van der Waals surface area (Å²) in [4.78, 5) is 10.4. The second kappa shape index (κ2) is 4.10. The first-order chi connectivity index (χ1) is 8.23. The number of aliphatic hydroxyl groups excluding tert-OH is 1. The van der Waals surface area contributed by atoms with E-state index in [0.29, 0.717) is 16.5 Å². The number of rotatable bonds is 2. The van der Waals surface area contributed by atoms with Crippen molar-refractivity contribution in [1.82, 2.24) is 9.97 Å². The summed E-state index contributed by atoms with van der Waals surface area (Å²) in [6.45, 7) is 2.14. The van der Waals surface area contributed by atoms with Crippen molar-refractivity contribution in [2.24, 2.45) is 11.3 Å². The van der Waals surface area contributed by atoms with Crippen LogP contribution in [0.25, 0.3) is 0 Å². The van der Waals surface area contributed by atoms with Gasteiger partial charge < -0.3 is 10.0 Å². The normalized spacial score (nSPS) is 26.2. The molecule has 2 heterocycles. The molecule has 0 radical (unpaired) electrons. The van der Waals surface area contributed by atoms with Crippen molar-refractivity contribution in [1.29, 1.82) is 0 Å². The van der Waals surface area contributed by atoms with Gasteiger partial charge in [0.05, 0.1) is 0 Å². The van der Waals surface area contributed by atoms with E-state index >= 15 is 0 Å². The van der Waals surface area contributed by atoms with Crippen LogP contribution >= 0.6 is 11.6 Å². The van der Waals surface area contributed by atoms with Crippen molar-refractivity contribution >= 4 is 17.4 Å². The quantitative estimate of drug-likeness (QED) is 0.816. The summed E-state index contributed by atoms with van der Waals surface area (Å²) in [7, 11) is 0. The second-order valence-electron chi connectivity index (χ2n) is 5.17. The Kier molecular flexibility index (Phi) is 2.71. The Morgan fingerprint density at radius 2 is 2.29 bits per heavy atom. The standard InChI is InChI=1S/C12H16ClN3O/c13-10-4-11(15-8-14-10)16-5-9(6-17)12(7-16)2-1-3-12/h4,8-9,17H,1-3,5-7H2/t9-/m0/s1. The molecule has 1 aromatic rings. The van der Waals surface area contributed by atoms with E-state index in [-0.39, 0.29) is 6.61 Å². The van der Waals surface area contributed by atoms with Crippen LogP contribution in [0.3, 0.4) is 0 Å². The van der Waals surface area contributed by atoms with Crippen LogP contribution in [0.4, 0.5) is 5.82 Å². The van der Waals surface area contributed by atoms with Crippen LogP contribution in [0.1, 0.15) is 19.3 Å². The molecule has 92 valence electrons. The first-order valence-electron chi connectivity index (χ1n) is 6.07. The number of aromatic nitrogens is 2. The SMILES string of the molecule is OC[C@@H]1CN(c2cc(Cl)ncn2)CC12CCC2. The van der Waals surface area contributed by atoms with Crippen molar-refractivity contribution in [3.05, 3.63) is 17.5 Å². The molecule has 4 nitrogen and oxygen atoms in total. The number of hydrogen-bond donors (Lipinski definition) is 1. The Bertz CT molecular complexity index is 422. The van der Waals surface area contributed by atoms with E-state index in [1.807, 2.05) is 0 Å². The first-order valence-corrected chi connectivity index (χ1v) is 6.45. The molecule has 1 atom stereocenters. The van der Waals surface area contributed by atoms with E-state index < -0.39 is 0 Å². The van der Waals surface area contributed by atoms with E-state index in [1.54, 1.807) is 6.07 Å². The van der Waals surface area contributed by atoms with Gasteiger partial charge in [0, 0.05) is 31.7 Å². The third-order valence-electron chi connectivity index (χ3n) is 4.33. The fraction of sp³-hybridized carbons (Fsp3) is 0.667. The lowest BCUT2D eigenvalue weighted by Crippen LogP contribution is -2.38. The molecule has 1 aliphatic heterocycles. The van der Waals surface area contributed by atoms with Gasteiger partial charge in [-0.2, -0.15) is 0 Å². The monoisotopic (exact) mass is 253 g/mol. The molecule has 5 heteroatoms. The van der Waals surface area contributed by atoms with Crippen LogP contribution in [0.15, 0.2) is 12.4 Å². The van der Waals surface area contributed by atoms with E-state index in [2.05, 4.69) is 14.9 Å². The zero-order valence-electron chi connectivity index (χ0n) is 9.64. The van der Waals surface area contributed by atoms with Crippen LogP contribution in [0.2, 0.25) is 5.15 Å². The van der Waals surface area contributed by atoms with Gasteiger partial charge in [-0.15, -0.1) is 0 Å². The molecule has 1 aromatic heterocycles. The Morgan fingerprint density at radius 3 is 2.82 bits per heavy atom. The van der Waals surface area contributed by atoms with E-state index in [9.17, 15) is 5.11 Å². The van der Waals surface area contributed by atoms with Crippen molar-refractivity contribution in [3.63, 3.8) is 0 Å². The van der Waals surface area contributed by atoms with Crippen molar-refractivity contribution in [2.75, 3.05) is 24.6 Å². The Hall–Kier alpha value is -0.870. The molecule has 0 bridgehead atoms. The summed E-state index contributed by atoms with van der Waals surface area (Å²) >= 11 is 5.89. The summed E-state index contributed by atoms with van der Waals surface area (Å²) in [5.74, 6) is 1.26. The van der Waals surface area contributed by atoms with Crippen molar-refractivity contribution in [3.8, 4) is 0 Å². The molecule has 17 heavy (non-hydrogen) atoms. The van der Waals surface area contributed by atoms with Crippen LogP contribution in [0, 0.1) is 11.3 Å². The van der Waals surface area contributed by atoms with Gasteiger partial charge in [0.15, 0.2) is 0 Å². The van der Waals surface area contributed by atoms with Crippen LogP contribution in [-0.2, 0) is 0 Å². The fourth-order valence-electron chi connectivity index (χ4n) is 3.15. The van der Waals surface area contributed by atoms with Crippen molar-refractivity contribution in [2.45, 2.75) is 19.3 Å². The smallest absolute Gasteiger partial charge is 0.134 e. The summed E-state index contributed by atoms with van der Waals surface area (Å²) < 4.78 is 0. The topological polar surface area (TPSA) is 49.2 Å². The third kappa shape index (κ3) is 1.79. The predicted octanol–water partition coefficient (Wildman–Crippen LogP) is 1.73. The molecule has 0 amide bonds. The molecule has 1 aliphatic carbocycles. The van der Waals surface area contributed by atoms with Gasteiger partial charge in [-0.25, -0.2) is 9.97 Å². The van der Waals surface area contributed by atoms with E-state index in [0.717, 1.165) is 18.9 Å². The molecule has 0 aromatic carbocycles. The maximum atomic E-state index is 9.50. The average Bonchev–Trinajstić information content (AvgIpc) is 2.68. The lowest BCUT2D eigenvalue weighted by Gasteiger charge is -2.42. The zero-order valence-corrected chi connectivity index (χ0v) is 10.4. The molecule has 0 unspecified atom stereocenters. The van der Waals surface area contributed by atoms with Gasteiger partial charge in [-0.1, -0.05) is 18.0 Å². The van der Waals surface area contributed by atoms with Crippen LogP contribution < -0.4 is 4.90 Å². The molecule has 1 saturated heterocycles. The van der Waals surface area contributed by atoms with Gasteiger partial charge in [-0.05, 0) is 18.3 Å².